The van der Waals surface area contributed by atoms with Crippen LogP contribution in [0.1, 0.15) is 18.1 Å². The van der Waals surface area contributed by atoms with Crippen molar-refractivity contribution in [2.75, 3.05) is 19.7 Å². The highest BCUT2D eigenvalue weighted by Gasteiger charge is 2.21. The van der Waals surface area contributed by atoms with Crippen LogP contribution in [0.25, 0.3) is 0 Å². The first kappa shape index (κ1) is 15.5. The van der Waals surface area contributed by atoms with Crippen LogP contribution < -0.4 is 5.32 Å². The second-order valence-corrected chi connectivity index (χ2v) is 5.65. The summed E-state index contributed by atoms with van der Waals surface area (Å²) in [6.07, 6.45) is 3.29. The Morgan fingerprint density at radius 3 is 2.96 bits per heavy atom. The summed E-state index contributed by atoms with van der Waals surface area (Å²) in [6.45, 7) is 4.98. The molecule has 122 valence electrons. The van der Waals surface area contributed by atoms with Gasteiger partial charge in [-0.2, -0.15) is 5.10 Å². The molecule has 1 atom stereocenters. The van der Waals surface area contributed by atoms with Gasteiger partial charge >= 0.3 is 6.03 Å². The molecular weight excluding hydrogens is 294 g/mol. The molecule has 1 fully saturated rings. The summed E-state index contributed by atoms with van der Waals surface area (Å²) in [5.41, 5.74) is 2.20. The Morgan fingerprint density at radius 1 is 1.39 bits per heavy atom. The Hall–Kier alpha value is -2.41. The quantitative estimate of drug-likeness (QED) is 0.922. The van der Waals surface area contributed by atoms with Gasteiger partial charge in [-0.1, -0.05) is 24.3 Å². The zero-order chi connectivity index (χ0) is 16.1. The Kier molecular flexibility index (Phi) is 4.87. The molecule has 2 heterocycles. The van der Waals surface area contributed by atoms with E-state index in [-0.39, 0.29) is 12.1 Å². The van der Waals surface area contributed by atoms with Gasteiger partial charge in [-0.15, -0.1) is 0 Å². The molecule has 0 saturated carbocycles. The van der Waals surface area contributed by atoms with Crippen LogP contribution in [0.3, 0.4) is 0 Å². The van der Waals surface area contributed by atoms with Crippen molar-refractivity contribution < 1.29 is 9.53 Å². The summed E-state index contributed by atoms with van der Waals surface area (Å²) < 4.78 is 7.23. The zero-order valence-electron chi connectivity index (χ0n) is 13.2. The summed E-state index contributed by atoms with van der Waals surface area (Å²) >= 11 is 0. The first-order valence-electron chi connectivity index (χ1n) is 7.76. The van der Waals surface area contributed by atoms with Gasteiger partial charge in [0.2, 0.25) is 0 Å². The van der Waals surface area contributed by atoms with E-state index in [1.54, 1.807) is 15.9 Å². The van der Waals surface area contributed by atoms with Crippen LogP contribution in [0.4, 0.5) is 4.79 Å². The fraction of sp³-hybridized carbons (Fsp3) is 0.438. The molecule has 0 spiro atoms. The summed E-state index contributed by atoms with van der Waals surface area (Å²) in [5.74, 6) is 0. The van der Waals surface area contributed by atoms with Gasteiger partial charge in [0.15, 0.2) is 0 Å². The first-order chi connectivity index (χ1) is 11.2. The molecule has 2 aromatic rings. The Balaban J connectivity index is 1.60. The monoisotopic (exact) mass is 315 g/mol. The average molecular weight is 315 g/mol. The van der Waals surface area contributed by atoms with Crippen LogP contribution in [-0.4, -0.2) is 51.5 Å². The maximum Gasteiger partial charge on any atom is 0.317 e. The summed E-state index contributed by atoms with van der Waals surface area (Å²) in [6, 6.07) is 7.98. The van der Waals surface area contributed by atoms with E-state index in [1.807, 2.05) is 31.2 Å². The number of morpholine rings is 1. The van der Waals surface area contributed by atoms with Gasteiger partial charge in [-0.05, 0) is 18.1 Å². The van der Waals surface area contributed by atoms with Crippen molar-refractivity contribution >= 4 is 6.03 Å². The van der Waals surface area contributed by atoms with Gasteiger partial charge in [0.1, 0.15) is 12.7 Å². The number of urea groups is 1. The minimum atomic E-state index is -0.0456. The van der Waals surface area contributed by atoms with Crippen LogP contribution in [0.15, 0.2) is 36.9 Å². The topological polar surface area (TPSA) is 72.3 Å². The SMILES string of the molecule is C[C@H]1CN(C(=O)NCc2ccccc2Cn2cncn2)CCO1. The lowest BCUT2D eigenvalue weighted by Gasteiger charge is -2.31. The lowest BCUT2D eigenvalue weighted by atomic mass is 10.1. The third kappa shape index (κ3) is 4.07. The van der Waals surface area contributed by atoms with E-state index in [0.29, 0.717) is 32.8 Å². The molecule has 7 heteroatoms. The van der Waals surface area contributed by atoms with Crippen molar-refractivity contribution in [2.45, 2.75) is 26.1 Å². The van der Waals surface area contributed by atoms with E-state index in [1.165, 1.54) is 6.33 Å². The summed E-state index contributed by atoms with van der Waals surface area (Å²) in [5, 5.41) is 7.12. The summed E-state index contributed by atoms with van der Waals surface area (Å²) in [7, 11) is 0. The number of nitrogens with zero attached hydrogens (tertiary/aromatic N) is 4. The van der Waals surface area contributed by atoms with E-state index in [4.69, 9.17) is 4.74 Å². The van der Waals surface area contributed by atoms with Gasteiger partial charge in [0.05, 0.1) is 19.3 Å². The molecule has 1 aromatic heterocycles. The van der Waals surface area contributed by atoms with Crippen molar-refractivity contribution in [1.29, 1.82) is 0 Å². The van der Waals surface area contributed by atoms with Crippen molar-refractivity contribution in [2.24, 2.45) is 0 Å². The standard InChI is InChI=1S/C16H21N5O2/c1-13-9-20(6-7-23-13)16(22)18-8-14-4-2-3-5-15(14)10-21-12-17-11-19-21/h2-5,11-13H,6-10H2,1H3,(H,18,22)/t13-/m0/s1. The predicted molar refractivity (Wildman–Crippen MR) is 84.8 cm³/mol. The van der Waals surface area contributed by atoms with Gasteiger partial charge in [-0.25, -0.2) is 14.5 Å². The van der Waals surface area contributed by atoms with E-state index in [0.717, 1.165) is 11.1 Å². The number of rotatable bonds is 4. The van der Waals surface area contributed by atoms with Crippen LogP contribution in [0, 0.1) is 0 Å². The molecule has 1 aliphatic heterocycles. The Bertz CT molecular complexity index is 644. The van der Waals surface area contributed by atoms with Crippen LogP contribution in [0.2, 0.25) is 0 Å². The number of hydrogen-bond donors (Lipinski definition) is 1. The third-order valence-corrected chi connectivity index (χ3v) is 3.88. The molecule has 7 nitrogen and oxygen atoms in total. The largest absolute Gasteiger partial charge is 0.375 e. The summed E-state index contributed by atoms with van der Waals surface area (Å²) in [4.78, 5) is 18.0. The highest BCUT2D eigenvalue weighted by molar-refractivity contribution is 5.74. The van der Waals surface area contributed by atoms with Gasteiger partial charge in [0.25, 0.3) is 0 Å². The number of nitrogens with one attached hydrogen (secondary N) is 1. The maximum absolute atomic E-state index is 12.3. The minimum absolute atomic E-state index is 0.0456. The molecule has 1 aliphatic rings. The molecule has 1 N–H and O–H groups in total. The molecule has 1 aromatic carbocycles. The van der Waals surface area contributed by atoms with Crippen molar-refractivity contribution in [3.8, 4) is 0 Å². The maximum atomic E-state index is 12.3. The number of carbonyl (C=O) groups is 1. The molecule has 0 bridgehead atoms. The Labute approximate surface area is 135 Å². The van der Waals surface area contributed by atoms with Crippen molar-refractivity contribution in [3.05, 3.63) is 48.0 Å². The molecular formula is C16H21N5O2. The first-order valence-corrected chi connectivity index (χ1v) is 7.76. The van der Waals surface area contributed by atoms with E-state index in [2.05, 4.69) is 15.4 Å². The normalized spacial score (nSPS) is 18.0. The lowest BCUT2D eigenvalue weighted by molar-refractivity contribution is -0.00352. The highest BCUT2D eigenvalue weighted by atomic mass is 16.5. The number of amides is 2. The smallest absolute Gasteiger partial charge is 0.317 e. The predicted octanol–water partition coefficient (Wildman–Crippen LogP) is 1.26. The van der Waals surface area contributed by atoms with Crippen molar-refractivity contribution in [3.63, 3.8) is 0 Å². The van der Waals surface area contributed by atoms with E-state index in [9.17, 15) is 4.79 Å². The number of ether oxygens (including phenoxy) is 1. The lowest BCUT2D eigenvalue weighted by Crippen LogP contribution is -2.48. The van der Waals surface area contributed by atoms with Gasteiger partial charge in [-0.3, -0.25) is 0 Å². The fourth-order valence-electron chi connectivity index (χ4n) is 2.66. The van der Waals surface area contributed by atoms with E-state index >= 15 is 0 Å². The molecule has 3 rings (SSSR count). The molecule has 1 saturated heterocycles. The van der Waals surface area contributed by atoms with Gasteiger partial charge < -0.3 is 15.0 Å². The molecule has 0 radical (unpaired) electrons. The molecule has 23 heavy (non-hydrogen) atoms. The second kappa shape index (κ2) is 7.23. The molecule has 0 unspecified atom stereocenters. The highest BCUT2D eigenvalue weighted by Crippen LogP contribution is 2.11. The minimum Gasteiger partial charge on any atom is -0.375 e. The third-order valence-electron chi connectivity index (χ3n) is 3.88. The number of aromatic nitrogens is 3. The van der Waals surface area contributed by atoms with Crippen LogP contribution in [-0.2, 0) is 17.8 Å². The molecule has 2 amide bonds. The molecule has 0 aliphatic carbocycles. The number of carbonyl (C=O) groups excluding carboxylic acids is 1. The fourth-order valence-corrected chi connectivity index (χ4v) is 2.66. The average Bonchev–Trinajstić information content (AvgIpc) is 3.07. The second-order valence-electron chi connectivity index (χ2n) is 5.65. The zero-order valence-corrected chi connectivity index (χ0v) is 13.2. The number of benzene rings is 1. The Morgan fingerprint density at radius 2 is 2.22 bits per heavy atom. The van der Waals surface area contributed by atoms with Crippen LogP contribution in [0.5, 0.6) is 0 Å². The van der Waals surface area contributed by atoms with E-state index < -0.39 is 0 Å². The van der Waals surface area contributed by atoms with Crippen molar-refractivity contribution in [1.82, 2.24) is 25.0 Å². The number of hydrogen-bond acceptors (Lipinski definition) is 4. The van der Waals surface area contributed by atoms with Gasteiger partial charge in [0, 0.05) is 19.6 Å². The van der Waals surface area contributed by atoms with Crippen LogP contribution >= 0.6 is 0 Å².